The van der Waals surface area contributed by atoms with Gasteiger partial charge in [-0.15, -0.1) is 0 Å². The van der Waals surface area contributed by atoms with Crippen molar-refractivity contribution in [3.05, 3.63) is 28.7 Å². The van der Waals surface area contributed by atoms with Crippen LogP contribution in [0.25, 0.3) is 0 Å². The zero-order valence-electron chi connectivity index (χ0n) is 10.4. The second-order valence-corrected chi connectivity index (χ2v) is 4.40. The normalized spacial score (nSPS) is 10.2. The first-order chi connectivity index (χ1) is 9.16. The number of hydrogen-bond donors (Lipinski definition) is 1. The molecule has 1 aromatic rings. The van der Waals surface area contributed by atoms with E-state index in [4.69, 9.17) is 14.6 Å². The van der Waals surface area contributed by atoms with Crippen LogP contribution in [-0.2, 0) is 9.59 Å². The van der Waals surface area contributed by atoms with Crippen LogP contribution in [0.3, 0.4) is 0 Å². The Labute approximate surface area is 121 Å². The van der Waals surface area contributed by atoms with E-state index >= 15 is 0 Å². The topological polar surface area (TPSA) is 63.6 Å². The average Bonchev–Trinajstić information content (AvgIpc) is 2.28. The fraction of sp³-hybridized carbons (Fsp3) is 0.333. The largest absolute Gasteiger partial charge is 0.490 e. The van der Waals surface area contributed by atoms with E-state index in [9.17, 15) is 18.0 Å². The van der Waals surface area contributed by atoms with Gasteiger partial charge in [0.15, 0.2) is 0 Å². The molecule has 0 radical (unpaired) electrons. The number of esters is 1. The van der Waals surface area contributed by atoms with Crippen molar-refractivity contribution in [1.82, 2.24) is 0 Å². The Bertz CT molecular complexity index is 460. The highest BCUT2D eigenvalue weighted by Crippen LogP contribution is 2.18. The predicted molar refractivity (Wildman–Crippen MR) is 68.4 cm³/mol. The maximum atomic E-state index is 11.1. The second kappa shape index (κ2) is 8.57. The summed E-state index contributed by atoms with van der Waals surface area (Å²) in [4.78, 5) is 20.0. The third-order valence-electron chi connectivity index (χ3n) is 1.72. The van der Waals surface area contributed by atoms with E-state index < -0.39 is 12.1 Å². The molecule has 112 valence electrons. The Balaban J connectivity index is 0.000000441. The van der Waals surface area contributed by atoms with Gasteiger partial charge in [-0.25, -0.2) is 4.79 Å². The minimum atomic E-state index is -5.08. The summed E-state index contributed by atoms with van der Waals surface area (Å²) < 4.78 is 37.7. The smallest absolute Gasteiger partial charge is 0.475 e. The molecule has 0 atom stereocenters. The number of rotatable bonds is 3. The van der Waals surface area contributed by atoms with Gasteiger partial charge in [0.25, 0.3) is 0 Å². The van der Waals surface area contributed by atoms with E-state index in [2.05, 4.69) is 15.9 Å². The summed E-state index contributed by atoms with van der Waals surface area (Å²) in [5.41, 5.74) is 0. The molecule has 8 heteroatoms. The van der Waals surface area contributed by atoms with Crippen LogP contribution in [0, 0.1) is 0 Å². The molecule has 0 heterocycles. The highest BCUT2D eigenvalue weighted by Gasteiger charge is 2.38. The Kier molecular flexibility index (Phi) is 7.90. The first-order valence-corrected chi connectivity index (χ1v) is 6.22. The summed E-state index contributed by atoms with van der Waals surface area (Å²) >= 11 is 3.30. The molecule has 20 heavy (non-hydrogen) atoms. The number of halogens is 4. The van der Waals surface area contributed by atoms with Gasteiger partial charge in [0, 0.05) is 10.9 Å². The van der Waals surface area contributed by atoms with Crippen LogP contribution in [0.15, 0.2) is 28.7 Å². The summed E-state index contributed by atoms with van der Waals surface area (Å²) in [6.07, 6.45) is -3.81. The lowest BCUT2D eigenvalue weighted by atomic mass is 10.3. The highest BCUT2D eigenvalue weighted by atomic mass is 79.9. The molecule has 1 rings (SSSR count). The number of carboxylic acids is 1. The number of benzene rings is 1. The minimum absolute atomic E-state index is 0.180. The second-order valence-electron chi connectivity index (χ2n) is 3.48. The van der Waals surface area contributed by atoms with E-state index in [0.717, 1.165) is 10.9 Å². The summed E-state index contributed by atoms with van der Waals surface area (Å²) in [6.45, 7) is 1.95. The molecule has 0 unspecified atom stereocenters. The van der Waals surface area contributed by atoms with Crippen LogP contribution < -0.4 is 4.74 Å². The molecular formula is C12H12BrF3O4. The lowest BCUT2D eigenvalue weighted by Gasteiger charge is -2.02. The van der Waals surface area contributed by atoms with Crippen molar-refractivity contribution >= 4 is 27.9 Å². The quantitative estimate of drug-likeness (QED) is 0.661. The molecule has 0 aliphatic heterocycles. The third-order valence-corrected chi connectivity index (χ3v) is 2.22. The molecule has 1 aromatic carbocycles. The van der Waals surface area contributed by atoms with Crippen LogP contribution in [0.2, 0.25) is 0 Å². The van der Waals surface area contributed by atoms with Gasteiger partial charge in [0.2, 0.25) is 0 Å². The molecule has 0 aliphatic rings. The van der Waals surface area contributed by atoms with E-state index in [1.54, 1.807) is 12.1 Å². The van der Waals surface area contributed by atoms with Crippen LogP contribution in [0.4, 0.5) is 13.2 Å². The lowest BCUT2D eigenvalue weighted by molar-refractivity contribution is -0.192. The van der Waals surface area contributed by atoms with Gasteiger partial charge >= 0.3 is 18.1 Å². The number of carbonyl (C=O) groups excluding carboxylic acids is 1. The number of carboxylic acid groups (broad SMARTS) is 1. The molecule has 0 aromatic heterocycles. The zero-order valence-corrected chi connectivity index (χ0v) is 12.0. The fourth-order valence-corrected chi connectivity index (χ4v) is 1.30. The Morgan fingerprint density at radius 2 is 1.90 bits per heavy atom. The van der Waals surface area contributed by atoms with Crippen molar-refractivity contribution in [2.75, 3.05) is 0 Å². The predicted octanol–water partition coefficient (Wildman–Crippen LogP) is 3.79. The molecule has 0 saturated heterocycles. The van der Waals surface area contributed by atoms with Crippen LogP contribution >= 0.6 is 15.9 Å². The Morgan fingerprint density at radius 3 is 2.30 bits per heavy atom. The summed E-state index contributed by atoms with van der Waals surface area (Å²) in [5, 5.41) is 7.12. The van der Waals surface area contributed by atoms with Gasteiger partial charge in [0.05, 0.1) is 0 Å². The monoisotopic (exact) mass is 356 g/mol. The molecule has 0 fully saturated rings. The van der Waals surface area contributed by atoms with E-state index in [0.29, 0.717) is 12.2 Å². The first kappa shape index (κ1) is 18.4. The van der Waals surface area contributed by atoms with Gasteiger partial charge in [-0.2, -0.15) is 13.2 Å². The number of carbonyl (C=O) groups is 2. The molecule has 0 amide bonds. The maximum absolute atomic E-state index is 11.1. The molecule has 0 bridgehead atoms. The summed E-state index contributed by atoms with van der Waals surface area (Å²) in [6, 6.07) is 7.25. The highest BCUT2D eigenvalue weighted by molar-refractivity contribution is 9.10. The summed E-state index contributed by atoms with van der Waals surface area (Å²) in [7, 11) is 0. The maximum Gasteiger partial charge on any atom is 0.490 e. The van der Waals surface area contributed by atoms with Gasteiger partial charge in [0.1, 0.15) is 5.75 Å². The van der Waals surface area contributed by atoms with Crippen molar-refractivity contribution in [1.29, 1.82) is 0 Å². The zero-order chi connectivity index (χ0) is 15.8. The van der Waals surface area contributed by atoms with E-state index in [-0.39, 0.29) is 5.97 Å². The van der Waals surface area contributed by atoms with E-state index in [1.165, 1.54) is 0 Å². The van der Waals surface area contributed by atoms with Gasteiger partial charge in [-0.1, -0.05) is 28.9 Å². The number of hydrogen-bond acceptors (Lipinski definition) is 3. The minimum Gasteiger partial charge on any atom is -0.475 e. The number of alkyl halides is 3. The van der Waals surface area contributed by atoms with Gasteiger partial charge in [-0.05, 0) is 24.6 Å². The average molecular weight is 357 g/mol. The van der Waals surface area contributed by atoms with Crippen molar-refractivity contribution in [2.45, 2.75) is 25.9 Å². The number of aliphatic carboxylic acids is 1. The van der Waals surface area contributed by atoms with Crippen molar-refractivity contribution in [3.63, 3.8) is 0 Å². The van der Waals surface area contributed by atoms with Crippen molar-refractivity contribution in [2.24, 2.45) is 0 Å². The molecule has 0 aliphatic carbocycles. The van der Waals surface area contributed by atoms with Crippen molar-refractivity contribution < 1.29 is 32.6 Å². The number of ether oxygens (including phenoxy) is 1. The summed E-state index contributed by atoms with van der Waals surface area (Å²) in [5.74, 6) is -2.35. The standard InChI is InChI=1S/C10H11BrO2.C2HF3O2/c1-2-4-10(12)13-9-6-3-5-8(11)7-9;3-2(4,5)1(6)7/h3,5-7H,2,4H2,1H3;(H,6,7). The van der Waals surface area contributed by atoms with Crippen LogP contribution in [-0.4, -0.2) is 23.2 Å². The molecule has 4 nitrogen and oxygen atoms in total. The first-order valence-electron chi connectivity index (χ1n) is 5.43. The SMILES string of the molecule is CCCC(=O)Oc1cccc(Br)c1.O=C(O)C(F)(F)F. The molecule has 0 spiro atoms. The third kappa shape index (κ3) is 8.52. The van der Waals surface area contributed by atoms with Crippen molar-refractivity contribution in [3.8, 4) is 5.75 Å². The van der Waals surface area contributed by atoms with Gasteiger partial charge in [-0.3, -0.25) is 4.79 Å². The Hall–Kier alpha value is -1.57. The van der Waals surface area contributed by atoms with Gasteiger partial charge < -0.3 is 9.84 Å². The molecule has 0 saturated carbocycles. The molecule has 1 N–H and O–H groups in total. The van der Waals surface area contributed by atoms with Crippen LogP contribution in [0.5, 0.6) is 5.75 Å². The lowest BCUT2D eigenvalue weighted by Crippen LogP contribution is -2.21. The molecular weight excluding hydrogens is 345 g/mol. The van der Waals surface area contributed by atoms with Crippen LogP contribution in [0.1, 0.15) is 19.8 Å². The fourth-order valence-electron chi connectivity index (χ4n) is 0.917. The van der Waals surface area contributed by atoms with E-state index in [1.807, 2.05) is 19.1 Å². The Morgan fingerprint density at radius 1 is 1.35 bits per heavy atom.